The van der Waals surface area contributed by atoms with Crippen LogP contribution in [0.2, 0.25) is 0 Å². The number of aliphatic hydroxyl groups excluding tert-OH is 1. The molecule has 0 bridgehead atoms. The van der Waals surface area contributed by atoms with Crippen molar-refractivity contribution < 1.29 is 23.8 Å². The Hall–Kier alpha value is -2.88. The van der Waals surface area contributed by atoms with Gasteiger partial charge in [-0.3, -0.25) is 9.59 Å². The maximum Gasteiger partial charge on any atom is 0.261 e. The number of ether oxygens (including phenoxy) is 1. The van der Waals surface area contributed by atoms with Crippen molar-refractivity contribution in [2.45, 2.75) is 12.5 Å². The molecule has 7 nitrogen and oxygen atoms in total. The van der Waals surface area contributed by atoms with E-state index in [-0.39, 0.29) is 43.7 Å². The molecule has 31 heavy (non-hydrogen) atoms. The molecule has 2 aromatic heterocycles. The van der Waals surface area contributed by atoms with Gasteiger partial charge in [0, 0.05) is 30.2 Å². The summed E-state index contributed by atoms with van der Waals surface area (Å²) in [6, 6.07) is 9.69. The maximum atomic E-state index is 13.5. The molecule has 3 aromatic rings. The fraction of sp³-hybridized carbons (Fsp3) is 0.318. The molecule has 1 saturated heterocycles. The first-order chi connectivity index (χ1) is 15.1. The van der Waals surface area contributed by atoms with Gasteiger partial charge in [0.15, 0.2) is 0 Å². The van der Waals surface area contributed by atoms with Crippen molar-refractivity contribution in [2.24, 2.45) is 0 Å². The van der Waals surface area contributed by atoms with Gasteiger partial charge in [0.05, 0.1) is 26.2 Å². The molecule has 2 amide bonds. The van der Waals surface area contributed by atoms with Gasteiger partial charge < -0.3 is 20.1 Å². The minimum absolute atomic E-state index is 0.0975. The van der Waals surface area contributed by atoms with Gasteiger partial charge in [0.2, 0.25) is 5.91 Å². The van der Waals surface area contributed by atoms with Crippen LogP contribution >= 0.6 is 11.3 Å². The van der Waals surface area contributed by atoms with E-state index in [1.165, 1.54) is 23.5 Å². The van der Waals surface area contributed by atoms with Crippen molar-refractivity contribution in [1.29, 1.82) is 0 Å². The predicted molar refractivity (Wildman–Crippen MR) is 114 cm³/mol. The van der Waals surface area contributed by atoms with Crippen LogP contribution in [-0.4, -0.2) is 59.7 Å². The second-order valence-corrected chi connectivity index (χ2v) is 8.19. The molecule has 1 aliphatic rings. The first kappa shape index (κ1) is 21.4. The molecule has 1 aliphatic heterocycles. The van der Waals surface area contributed by atoms with Crippen LogP contribution in [0.5, 0.6) is 0 Å². The van der Waals surface area contributed by atoms with Crippen LogP contribution in [0.25, 0.3) is 10.2 Å². The zero-order valence-corrected chi connectivity index (χ0v) is 17.5. The monoisotopic (exact) mass is 443 g/mol. The van der Waals surface area contributed by atoms with E-state index in [0.29, 0.717) is 34.0 Å². The SMILES string of the molecule is O=C(NCCO)c1sc2ncccc2c1[C@H]1CN(C(=O)Cc2cccc(F)c2)CCO1. The molecule has 0 unspecified atom stereocenters. The Bertz CT molecular complexity index is 1100. The van der Waals surface area contributed by atoms with Gasteiger partial charge in [0.1, 0.15) is 21.6 Å². The van der Waals surface area contributed by atoms with Gasteiger partial charge in [-0.05, 0) is 23.8 Å². The molecule has 4 rings (SSSR count). The number of rotatable bonds is 6. The Morgan fingerprint density at radius 2 is 2.19 bits per heavy atom. The van der Waals surface area contributed by atoms with Gasteiger partial charge in [-0.2, -0.15) is 0 Å². The van der Waals surface area contributed by atoms with Crippen molar-refractivity contribution in [1.82, 2.24) is 15.2 Å². The third-order valence-corrected chi connectivity index (χ3v) is 6.22. The molecule has 9 heteroatoms. The summed E-state index contributed by atoms with van der Waals surface area (Å²) in [7, 11) is 0. The Morgan fingerprint density at radius 1 is 1.32 bits per heavy atom. The number of hydrogen-bond acceptors (Lipinski definition) is 6. The zero-order chi connectivity index (χ0) is 21.8. The fourth-order valence-corrected chi connectivity index (χ4v) is 4.78. The summed E-state index contributed by atoms with van der Waals surface area (Å²) in [5.74, 6) is -0.803. The second-order valence-electron chi connectivity index (χ2n) is 7.19. The van der Waals surface area contributed by atoms with E-state index in [2.05, 4.69) is 10.3 Å². The van der Waals surface area contributed by atoms with Gasteiger partial charge in [-0.15, -0.1) is 11.3 Å². The van der Waals surface area contributed by atoms with Crippen molar-refractivity contribution in [2.75, 3.05) is 32.8 Å². The van der Waals surface area contributed by atoms with E-state index in [9.17, 15) is 14.0 Å². The highest BCUT2D eigenvalue weighted by atomic mass is 32.1. The molecule has 1 atom stereocenters. The van der Waals surface area contributed by atoms with Crippen LogP contribution in [0.1, 0.15) is 26.9 Å². The van der Waals surface area contributed by atoms with Gasteiger partial charge in [0.25, 0.3) is 5.91 Å². The minimum Gasteiger partial charge on any atom is -0.395 e. The summed E-state index contributed by atoms with van der Waals surface area (Å²) in [5, 5.41) is 12.5. The smallest absolute Gasteiger partial charge is 0.261 e. The summed E-state index contributed by atoms with van der Waals surface area (Å²) in [6.45, 7) is 1.03. The number of amides is 2. The zero-order valence-electron chi connectivity index (χ0n) is 16.7. The summed E-state index contributed by atoms with van der Waals surface area (Å²) < 4.78 is 19.4. The third-order valence-electron chi connectivity index (χ3n) is 5.09. The predicted octanol–water partition coefficient (Wildman–Crippen LogP) is 2.30. The fourth-order valence-electron chi connectivity index (χ4n) is 3.67. The number of nitrogens with one attached hydrogen (secondary N) is 1. The van der Waals surface area contributed by atoms with E-state index >= 15 is 0 Å². The summed E-state index contributed by atoms with van der Waals surface area (Å²) in [6.07, 6.45) is 1.27. The van der Waals surface area contributed by atoms with E-state index < -0.39 is 6.10 Å². The van der Waals surface area contributed by atoms with Crippen LogP contribution in [0.3, 0.4) is 0 Å². The lowest BCUT2D eigenvalue weighted by Gasteiger charge is -2.33. The molecule has 1 fully saturated rings. The molecular weight excluding hydrogens is 421 g/mol. The lowest BCUT2D eigenvalue weighted by atomic mass is 10.0. The largest absolute Gasteiger partial charge is 0.395 e. The van der Waals surface area contributed by atoms with Crippen molar-refractivity contribution in [3.63, 3.8) is 0 Å². The Labute approximate surface area is 182 Å². The van der Waals surface area contributed by atoms with E-state index in [4.69, 9.17) is 9.84 Å². The summed E-state index contributed by atoms with van der Waals surface area (Å²) in [5.41, 5.74) is 1.31. The molecule has 1 aromatic carbocycles. The number of fused-ring (bicyclic) bond motifs is 1. The minimum atomic E-state index is -0.488. The Morgan fingerprint density at radius 3 is 3.00 bits per heavy atom. The standard InChI is InChI=1S/C22H22FN3O4S/c23-15-4-1-3-14(11-15)12-18(28)26-8-10-30-17(13-26)19-16-5-2-6-25-22(16)31-20(19)21(29)24-7-9-27/h1-6,11,17,27H,7-10,12-13H2,(H,24,29)/t17-/m1/s1. The number of morpholine rings is 1. The number of halogens is 1. The van der Waals surface area contributed by atoms with Gasteiger partial charge >= 0.3 is 0 Å². The first-order valence-electron chi connectivity index (χ1n) is 9.97. The lowest BCUT2D eigenvalue weighted by molar-refractivity contribution is -0.138. The van der Waals surface area contributed by atoms with Crippen LogP contribution in [0, 0.1) is 5.82 Å². The number of carbonyl (C=O) groups is 2. The Kier molecular flexibility index (Phi) is 6.55. The number of pyridine rings is 1. The number of carbonyl (C=O) groups excluding carboxylic acids is 2. The van der Waals surface area contributed by atoms with Gasteiger partial charge in [-0.1, -0.05) is 18.2 Å². The highest BCUT2D eigenvalue weighted by molar-refractivity contribution is 7.20. The van der Waals surface area contributed by atoms with Crippen LogP contribution in [0.4, 0.5) is 4.39 Å². The van der Waals surface area contributed by atoms with Crippen LogP contribution < -0.4 is 5.32 Å². The van der Waals surface area contributed by atoms with E-state index in [0.717, 1.165) is 5.39 Å². The topological polar surface area (TPSA) is 91.8 Å². The molecule has 162 valence electrons. The quantitative estimate of drug-likeness (QED) is 0.610. The third kappa shape index (κ3) is 4.73. The van der Waals surface area contributed by atoms with Gasteiger partial charge in [-0.25, -0.2) is 9.37 Å². The highest BCUT2D eigenvalue weighted by Gasteiger charge is 2.31. The van der Waals surface area contributed by atoms with Crippen molar-refractivity contribution in [3.8, 4) is 0 Å². The lowest BCUT2D eigenvalue weighted by Crippen LogP contribution is -2.43. The van der Waals surface area contributed by atoms with E-state index in [1.807, 2.05) is 6.07 Å². The molecule has 0 spiro atoms. The maximum absolute atomic E-state index is 13.5. The number of nitrogens with zero attached hydrogens (tertiary/aromatic N) is 2. The summed E-state index contributed by atoms with van der Waals surface area (Å²) >= 11 is 1.26. The molecule has 0 radical (unpaired) electrons. The number of aliphatic hydroxyl groups is 1. The first-order valence-corrected chi connectivity index (χ1v) is 10.8. The highest BCUT2D eigenvalue weighted by Crippen LogP contribution is 2.37. The van der Waals surface area contributed by atoms with Crippen molar-refractivity contribution >= 4 is 33.4 Å². The number of aromatic nitrogens is 1. The normalized spacial score (nSPS) is 16.5. The average molecular weight is 444 g/mol. The Balaban J connectivity index is 1.59. The molecule has 3 heterocycles. The van der Waals surface area contributed by atoms with Crippen LogP contribution in [0.15, 0.2) is 42.6 Å². The molecular formula is C22H22FN3O4S. The second kappa shape index (κ2) is 9.51. The summed E-state index contributed by atoms with van der Waals surface area (Å²) in [4.78, 5) is 32.8. The number of benzene rings is 1. The van der Waals surface area contributed by atoms with Crippen molar-refractivity contribution in [3.05, 3.63) is 64.4 Å². The molecule has 0 aliphatic carbocycles. The van der Waals surface area contributed by atoms with Crippen LogP contribution in [-0.2, 0) is 16.0 Å². The average Bonchev–Trinajstić information content (AvgIpc) is 3.17. The molecule has 0 saturated carbocycles. The molecule has 2 N–H and O–H groups in total. The number of hydrogen-bond donors (Lipinski definition) is 2. The number of thiophene rings is 1. The van der Waals surface area contributed by atoms with E-state index in [1.54, 1.807) is 29.3 Å².